The number of allylic oxidation sites excluding steroid dienone is 2. The molecule has 0 N–H and O–H groups in total. The van der Waals surface area contributed by atoms with Gasteiger partial charge in [-0.15, -0.1) is 0 Å². The molecule has 0 bridgehead atoms. The zero-order valence-corrected chi connectivity index (χ0v) is 11.4. The van der Waals surface area contributed by atoms with Crippen LogP contribution in [0.2, 0.25) is 0 Å². The first kappa shape index (κ1) is 12.6. The summed E-state index contributed by atoms with van der Waals surface area (Å²) < 4.78 is 0. The normalized spacial score (nSPS) is 12.5. The van der Waals surface area contributed by atoms with Crippen LogP contribution in [0.3, 0.4) is 0 Å². The Morgan fingerprint density at radius 2 is 1.22 bits per heavy atom. The molecule has 0 fully saturated rings. The first-order chi connectivity index (χ1) is 8.69. The van der Waals surface area contributed by atoms with E-state index in [1.165, 1.54) is 16.7 Å². The summed E-state index contributed by atoms with van der Waals surface area (Å²) in [7, 11) is 0. The minimum atomic E-state index is -0.0444. The molecule has 18 heavy (non-hydrogen) atoms. The smallest absolute Gasteiger partial charge is 0.0380 e. The van der Waals surface area contributed by atoms with Crippen LogP contribution in [-0.4, -0.2) is 0 Å². The Labute approximate surface area is 110 Å². The Kier molecular flexibility index (Phi) is 3.66. The van der Waals surface area contributed by atoms with E-state index in [0.29, 0.717) is 0 Å². The summed E-state index contributed by atoms with van der Waals surface area (Å²) in [6.07, 6.45) is 2.21. The Hall–Kier alpha value is -1.82. The summed E-state index contributed by atoms with van der Waals surface area (Å²) >= 11 is 0. The zero-order valence-electron chi connectivity index (χ0n) is 11.4. The molecule has 0 saturated heterocycles. The summed E-state index contributed by atoms with van der Waals surface area (Å²) in [5.41, 5.74) is 4.01. The summed E-state index contributed by atoms with van der Waals surface area (Å²) in [6, 6.07) is 21.4. The molecule has 2 aromatic rings. The Bertz CT molecular complexity index is 481. The average molecular weight is 236 g/mol. The third-order valence-electron chi connectivity index (χ3n) is 3.92. The Morgan fingerprint density at radius 3 is 1.56 bits per heavy atom. The fraction of sp³-hybridized carbons (Fsp3) is 0.222. The molecule has 0 aliphatic heterocycles. The first-order valence-electron chi connectivity index (χ1n) is 6.44. The lowest BCUT2D eigenvalue weighted by atomic mass is 9.71. The van der Waals surface area contributed by atoms with Gasteiger partial charge in [-0.1, -0.05) is 72.3 Å². The molecule has 2 rings (SSSR count). The highest BCUT2D eigenvalue weighted by Gasteiger charge is 2.29. The number of hydrogen-bond acceptors (Lipinski definition) is 0. The van der Waals surface area contributed by atoms with E-state index in [0.717, 1.165) is 0 Å². The van der Waals surface area contributed by atoms with Gasteiger partial charge >= 0.3 is 0 Å². The SMILES string of the molecule is C/C=C(/C)C(C)(c1ccccc1)c1ccccc1. The quantitative estimate of drug-likeness (QED) is 0.661. The third-order valence-corrected chi connectivity index (χ3v) is 3.92. The molecular weight excluding hydrogens is 216 g/mol. The lowest BCUT2D eigenvalue weighted by Gasteiger charge is -2.32. The van der Waals surface area contributed by atoms with E-state index < -0.39 is 0 Å². The molecule has 0 spiro atoms. The van der Waals surface area contributed by atoms with E-state index >= 15 is 0 Å². The van der Waals surface area contributed by atoms with E-state index in [9.17, 15) is 0 Å². The summed E-state index contributed by atoms with van der Waals surface area (Å²) in [5.74, 6) is 0. The topological polar surface area (TPSA) is 0 Å². The number of rotatable bonds is 3. The molecule has 0 heteroatoms. The van der Waals surface area contributed by atoms with Gasteiger partial charge in [0.2, 0.25) is 0 Å². The van der Waals surface area contributed by atoms with Crippen molar-refractivity contribution < 1.29 is 0 Å². The largest absolute Gasteiger partial charge is 0.0875 e. The van der Waals surface area contributed by atoms with E-state index in [2.05, 4.69) is 87.5 Å². The van der Waals surface area contributed by atoms with Gasteiger partial charge in [0, 0.05) is 5.41 Å². The molecular formula is C18H20. The van der Waals surface area contributed by atoms with Crippen molar-refractivity contribution in [2.24, 2.45) is 0 Å². The minimum absolute atomic E-state index is 0.0444. The minimum Gasteiger partial charge on any atom is -0.0875 e. The lowest BCUT2D eigenvalue weighted by molar-refractivity contribution is 0.672. The molecule has 0 aromatic heterocycles. The molecule has 0 atom stereocenters. The van der Waals surface area contributed by atoms with Crippen LogP contribution in [0, 0.1) is 0 Å². The maximum atomic E-state index is 2.30. The molecule has 0 saturated carbocycles. The highest BCUT2D eigenvalue weighted by molar-refractivity contribution is 5.46. The van der Waals surface area contributed by atoms with Crippen molar-refractivity contribution in [2.75, 3.05) is 0 Å². The first-order valence-corrected chi connectivity index (χ1v) is 6.44. The lowest BCUT2D eigenvalue weighted by Crippen LogP contribution is -2.25. The van der Waals surface area contributed by atoms with Gasteiger partial charge in [0.1, 0.15) is 0 Å². The molecule has 0 aliphatic carbocycles. The van der Waals surface area contributed by atoms with Gasteiger partial charge in [0.25, 0.3) is 0 Å². The van der Waals surface area contributed by atoms with Crippen molar-refractivity contribution in [1.29, 1.82) is 0 Å². The number of benzene rings is 2. The van der Waals surface area contributed by atoms with E-state index in [1.807, 2.05) is 0 Å². The predicted octanol–water partition coefficient (Wildman–Crippen LogP) is 4.96. The van der Waals surface area contributed by atoms with Crippen LogP contribution < -0.4 is 0 Å². The van der Waals surface area contributed by atoms with Crippen LogP contribution in [0.25, 0.3) is 0 Å². The molecule has 92 valence electrons. The van der Waals surface area contributed by atoms with Crippen molar-refractivity contribution in [3.8, 4) is 0 Å². The van der Waals surface area contributed by atoms with E-state index in [1.54, 1.807) is 0 Å². The van der Waals surface area contributed by atoms with Crippen molar-refractivity contribution in [2.45, 2.75) is 26.2 Å². The predicted molar refractivity (Wildman–Crippen MR) is 78.8 cm³/mol. The monoisotopic (exact) mass is 236 g/mol. The molecule has 0 amide bonds. The van der Waals surface area contributed by atoms with Gasteiger partial charge in [-0.2, -0.15) is 0 Å². The fourth-order valence-electron chi connectivity index (χ4n) is 2.45. The standard InChI is InChI=1S/C18H20/c1-4-15(2)18(3,16-11-7-5-8-12-16)17-13-9-6-10-14-17/h4-14H,1-3H3/b15-4-. The zero-order chi connectivity index (χ0) is 13.0. The van der Waals surface area contributed by atoms with Crippen molar-refractivity contribution in [3.05, 3.63) is 83.4 Å². The van der Waals surface area contributed by atoms with Crippen molar-refractivity contribution >= 4 is 0 Å². The van der Waals surface area contributed by atoms with Crippen LogP contribution in [-0.2, 0) is 5.41 Å². The van der Waals surface area contributed by atoms with Gasteiger partial charge in [-0.3, -0.25) is 0 Å². The van der Waals surface area contributed by atoms with Gasteiger partial charge in [0.05, 0.1) is 0 Å². The summed E-state index contributed by atoms with van der Waals surface area (Å²) in [5, 5.41) is 0. The average Bonchev–Trinajstić information content (AvgIpc) is 2.47. The molecule has 0 heterocycles. The maximum Gasteiger partial charge on any atom is 0.0380 e. The summed E-state index contributed by atoms with van der Waals surface area (Å²) in [6.45, 7) is 6.62. The second-order valence-electron chi connectivity index (χ2n) is 4.83. The molecule has 0 aliphatic rings. The Morgan fingerprint density at radius 1 is 0.833 bits per heavy atom. The molecule has 2 aromatic carbocycles. The van der Waals surface area contributed by atoms with Crippen LogP contribution in [0.4, 0.5) is 0 Å². The maximum absolute atomic E-state index is 2.30. The number of hydrogen-bond donors (Lipinski definition) is 0. The molecule has 0 radical (unpaired) electrons. The second-order valence-corrected chi connectivity index (χ2v) is 4.83. The van der Waals surface area contributed by atoms with Crippen molar-refractivity contribution in [1.82, 2.24) is 0 Å². The summed E-state index contributed by atoms with van der Waals surface area (Å²) in [4.78, 5) is 0. The van der Waals surface area contributed by atoms with Crippen LogP contribution >= 0.6 is 0 Å². The highest BCUT2D eigenvalue weighted by atomic mass is 14.3. The van der Waals surface area contributed by atoms with Gasteiger partial charge in [-0.05, 0) is 31.9 Å². The van der Waals surface area contributed by atoms with E-state index in [4.69, 9.17) is 0 Å². The van der Waals surface area contributed by atoms with Crippen LogP contribution in [0.15, 0.2) is 72.3 Å². The highest BCUT2D eigenvalue weighted by Crippen LogP contribution is 2.38. The molecule has 0 unspecified atom stereocenters. The molecule has 0 nitrogen and oxygen atoms in total. The third kappa shape index (κ3) is 2.11. The van der Waals surface area contributed by atoms with Gasteiger partial charge in [-0.25, -0.2) is 0 Å². The van der Waals surface area contributed by atoms with Gasteiger partial charge < -0.3 is 0 Å². The van der Waals surface area contributed by atoms with E-state index in [-0.39, 0.29) is 5.41 Å². The Balaban J connectivity index is 2.63. The van der Waals surface area contributed by atoms with Gasteiger partial charge in [0.15, 0.2) is 0 Å². The van der Waals surface area contributed by atoms with Crippen LogP contribution in [0.1, 0.15) is 31.9 Å². The second kappa shape index (κ2) is 5.22. The van der Waals surface area contributed by atoms with Crippen LogP contribution in [0.5, 0.6) is 0 Å². The van der Waals surface area contributed by atoms with Crippen molar-refractivity contribution in [3.63, 3.8) is 0 Å². The fourth-order valence-corrected chi connectivity index (χ4v) is 2.45.